The Kier molecular flexibility index (Phi) is 3.51. The summed E-state index contributed by atoms with van der Waals surface area (Å²) in [4.78, 5) is 0. The molecule has 0 aromatic heterocycles. The van der Waals surface area contributed by atoms with Crippen LogP contribution in [0.5, 0.6) is 5.75 Å². The van der Waals surface area contributed by atoms with E-state index in [1.165, 1.54) is 13.2 Å². The number of rotatable bonds is 2. The molecule has 0 fully saturated rings. The van der Waals surface area contributed by atoms with Crippen molar-refractivity contribution in [3.63, 3.8) is 0 Å². The Morgan fingerprint density at radius 3 is 2.11 bits per heavy atom. The molecule has 19 heavy (non-hydrogen) atoms. The molecule has 0 aliphatic heterocycles. The van der Waals surface area contributed by atoms with Gasteiger partial charge in [-0.2, -0.15) is 13.2 Å². The first-order valence-electron chi connectivity index (χ1n) is 5.74. The van der Waals surface area contributed by atoms with Gasteiger partial charge in [0.2, 0.25) is 0 Å². The molecule has 2 aromatic carbocycles. The Balaban J connectivity index is 2.50. The van der Waals surface area contributed by atoms with Crippen molar-refractivity contribution in [3.05, 3.63) is 53.6 Å². The van der Waals surface area contributed by atoms with Gasteiger partial charge in [-0.15, -0.1) is 0 Å². The van der Waals surface area contributed by atoms with E-state index in [0.717, 1.165) is 23.3 Å². The van der Waals surface area contributed by atoms with E-state index in [1.54, 1.807) is 0 Å². The Hall–Kier alpha value is -1.97. The molecular formula is C15H13F3O. The summed E-state index contributed by atoms with van der Waals surface area (Å²) in [5.41, 5.74) is 1.86. The number of benzene rings is 2. The van der Waals surface area contributed by atoms with Crippen molar-refractivity contribution in [2.75, 3.05) is 7.11 Å². The van der Waals surface area contributed by atoms with Gasteiger partial charge in [-0.3, -0.25) is 0 Å². The van der Waals surface area contributed by atoms with Gasteiger partial charge in [0.05, 0.1) is 12.7 Å². The summed E-state index contributed by atoms with van der Waals surface area (Å²) in [6.45, 7) is 1.95. The van der Waals surface area contributed by atoms with Gasteiger partial charge in [0.15, 0.2) is 0 Å². The predicted molar refractivity (Wildman–Crippen MR) is 68.2 cm³/mol. The van der Waals surface area contributed by atoms with E-state index in [2.05, 4.69) is 0 Å². The molecule has 0 amide bonds. The molecule has 0 radical (unpaired) electrons. The highest BCUT2D eigenvalue weighted by atomic mass is 19.4. The molecule has 0 saturated heterocycles. The number of methoxy groups -OCH3 is 1. The minimum absolute atomic E-state index is 0.221. The molecule has 4 heteroatoms. The number of hydrogen-bond donors (Lipinski definition) is 0. The zero-order valence-corrected chi connectivity index (χ0v) is 10.6. The van der Waals surface area contributed by atoms with Crippen LogP contribution < -0.4 is 4.74 Å². The summed E-state index contributed by atoms with van der Waals surface area (Å²) < 4.78 is 43.0. The first kappa shape index (κ1) is 13.5. The van der Waals surface area contributed by atoms with E-state index in [-0.39, 0.29) is 5.75 Å². The SMILES string of the molecule is COc1cc(C(F)(F)F)ccc1-c1ccc(C)cc1. The molecule has 0 spiro atoms. The summed E-state index contributed by atoms with van der Waals surface area (Å²) in [6, 6.07) is 11.1. The third-order valence-electron chi connectivity index (χ3n) is 2.89. The topological polar surface area (TPSA) is 9.23 Å². The Labute approximate surface area is 109 Å². The molecule has 2 rings (SSSR count). The fourth-order valence-corrected chi connectivity index (χ4v) is 1.84. The van der Waals surface area contributed by atoms with E-state index in [4.69, 9.17) is 4.74 Å². The zero-order chi connectivity index (χ0) is 14.0. The van der Waals surface area contributed by atoms with Crippen LogP contribution in [0.1, 0.15) is 11.1 Å². The molecule has 0 N–H and O–H groups in total. The summed E-state index contributed by atoms with van der Waals surface area (Å²) in [7, 11) is 1.37. The first-order valence-corrected chi connectivity index (χ1v) is 5.74. The number of halogens is 3. The van der Waals surface area contributed by atoms with Gasteiger partial charge >= 0.3 is 6.18 Å². The van der Waals surface area contributed by atoms with E-state index < -0.39 is 11.7 Å². The molecule has 0 bridgehead atoms. The Morgan fingerprint density at radius 1 is 0.947 bits per heavy atom. The monoisotopic (exact) mass is 266 g/mol. The minimum atomic E-state index is -4.36. The quantitative estimate of drug-likeness (QED) is 0.766. The maximum atomic E-state index is 12.6. The molecule has 100 valence electrons. The van der Waals surface area contributed by atoms with Crippen molar-refractivity contribution in [3.8, 4) is 16.9 Å². The second-order valence-corrected chi connectivity index (χ2v) is 4.28. The van der Waals surface area contributed by atoms with Gasteiger partial charge in [-0.25, -0.2) is 0 Å². The lowest BCUT2D eigenvalue weighted by Crippen LogP contribution is -2.05. The molecule has 2 aromatic rings. The van der Waals surface area contributed by atoms with Gasteiger partial charge in [-0.1, -0.05) is 35.9 Å². The number of alkyl halides is 3. The van der Waals surface area contributed by atoms with E-state index in [1.807, 2.05) is 31.2 Å². The van der Waals surface area contributed by atoms with Crippen LogP contribution in [0.4, 0.5) is 13.2 Å². The summed E-state index contributed by atoms with van der Waals surface area (Å²) in [6.07, 6.45) is -4.36. The van der Waals surface area contributed by atoms with Crippen molar-refractivity contribution < 1.29 is 17.9 Å². The number of hydrogen-bond acceptors (Lipinski definition) is 1. The van der Waals surface area contributed by atoms with E-state index in [9.17, 15) is 13.2 Å². The average Bonchev–Trinajstić information content (AvgIpc) is 2.38. The van der Waals surface area contributed by atoms with Crippen molar-refractivity contribution in [2.24, 2.45) is 0 Å². The third kappa shape index (κ3) is 2.89. The predicted octanol–water partition coefficient (Wildman–Crippen LogP) is 4.69. The lowest BCUT2D eigenvalue weighted by atomic mass is 10.0. The molecule has 0 unspecified atom stereocenters. The van der Waals surface area contributed by atoms with E-state index in [0.29, 0.717) is 5.56 Å². The molecule has 0 atom stereocenters. The number of ether oxygens (including phenoxy) is 1. The summed E-state index contributed by atoms with van der Waals surface area (Å²) in [5, 5.41) is 0. The van der Waals surface area contributed by atoms with Crippen LogP contribution in [-0.4, -0.2) is 7.11 Å². The fourth-order valence-electron chi connectivity index (χ4n) is 1.84. The van der Waals surface area contributed by atoms with Gasteiger partial charge in [0.1, 0.15) is 5.75 Å². The Bertz CT molecular complexity index is 571. The molecule has 1 nitrogen and oxygen atoms in total. The molecule has 0 heterocycles. The van der Waals surface area contributed by atoms with Crippen molar-refractivity contribution in [1.29, 1.82) is 0 Å². The van der Waals surface area contributed by atoms with Crippen LogP contribution >= 0.6 is 0 Å². The standard InChI is InChI=1S/C15H13F3O/c1-10-3-5-11(6-4-10)13-8-7-12(15(16,17)18)9-14(13)19-2/h3-9H,1-2H3. The normalized spacial score (nSPS) is 11.4. The summed E-state index contributed by atoms with van der Waals surface area (Å²) in [5.74, 6) is 0.221. The molecule has 0 aliphatic rings. The largest absolute Gasteiger partial charge is 0.496 e. The Morgan fingerprint density at radius 2 is 1.58 bits per heavy atom. The highest BCUT2D eigenvalue weighted by Gasteiger charge is 2.31. The fraction of sp³-hybridized carbons (Fsp3) is 0.200. The van der Waals surface area contributed by atoms with Crippen LogP contribution in [-0.2, 0) is 6.18 Å². The average molecular weight is 266 g/mol. The lowest BCUT2D eigenvalue weighted by Gasteiger charge is -2.13. The van der Waals surface area contributed by atoms with Crippen LogP contribution in [0.25, 0.3) is 11.1 Å². The highest BCUT2D eigenvalue weighted by molar-refractivity contribution is 5.71. The highest BCUT2D eigenvalue weighted by Crippen LogP contribution is 2.36. The van der Waals surface area contributed by atoms with Crippen molar-refractivity contribution >= 4 is 0 Å². The van der Waals surface area contributed by atoms with Gasteiger partial charge in [0.25, 0.3) is 0 Å². The maximum Gasteiger partial charge on any atom is 0.416 e. The van der Waals surface area contributed by atoms with Gasteiger partial charge < -0.3 is 4.74 Å². The maximum absolute atomic E-state index is 12.6. The third-order valence-corrected chi connectivity index (χ3v) is 2.89. The van der Waals surface area contributed by atoms with Gasteiger partial charge in [-0.05, 0) is 24.6 Å². The van der Waals surface area contributed by atoms with Crippen molar-refractivity contribution in [2.45, 2.75) is 13.1 Å². The molecule has 0 saturated carbocycles. The zero-order valence-electron chi connectivity index (χ0n) is 10.6. The minimum Gasteiger partial charge on any atom is -0.496 e. The first-order chi connectivity index (χ1) is 8.91. The second-order valence-electron chi connectivity index (χ2n) is 4.28. The van der Waals surface area contributed by atoms with Gasteiger partial charge in [0, 0.05) is 5.56 Å². The smallest absolute Gasteiger partial charge is 0.416 e. The molecule has 0 aliphatic carbocycles. The van der Waals surface area contributed by atoms with Crippen LogP contribution in [0.3, 0.4) is 0 Å². The van der Waals surface area contributed by atoms with Crippen LogP contribution in [0.2, 0.25) is 0 Å². The summed E-state index contributed by atoms with van der Waals surface area (Å²) >= 11 is 0. The number of aryl methyl sites for hydroxylation is 1. The van der Waals surface area contributed by atoms with Crippen LogP contribution in [0, 0.1) is 6.92 Å². The van der Waals surface area contributed by atoms with E-state index >= 15 is 0 Å². The van der Waals surface area contributed by atoms with Crippen LogP contribution in [0.15, 0.2) is 42.5 Å². The molecular weight excluding hydrogens is 253 g/mol. The van der Waals surface area contributed by atoms with Crippen molar-refractivity contribution in [1.82, 2.24) is 0 Å². The lowest BCUT2D eigenvalue weighted by molar-refractivity contribution is -0.137. The second kappa shape index (κ2) is 4.96.